The van der Waals surface area contributed by atoms with E-state index in [1.807, 2.05) is 36.4 Å². The molecule has 0 bridgehead atoms. The van der Waals surface area contributed by atoms with Gasteiger partial charge in [-0.15, -0.1) is 0 Å². The van der Waals surface area contributed by atoms with Gasteiger partial charge in [-0.3, -0.25) is 0 Å². The lowest BCUT2D eigenvalue weighted by Crippen LogP contribution is -2.53. The van der Waals surface area contributed by atoms with Crippen LogP contribution in [0.2, 0.25) is 0 Å². The summed E-state index contributed by atoms with van der Waals surface area (Å²) in [7, 11) is 0. The van der Waals surface area contributed by atoms with Gasteiger partial charge in [-0.2, -0.15) is 0 Å². The lowest BCUT2D eigenvalue weighted by Gasteiger charge is -2.26. The van der Waals surface area contributed by atoms with Crippen molar-refractivity contribution in [3.63, 3.8) is 0 Å². The van der Waals surface area contributed by atoms with E-state index in [2.05, 4.69) is 22.8 Å². The molecule has 186 valence electrons. The Bertz CT molecular complexity index is 1080. The Morgan fingerprint density at radius 1 is 1.00 bits per heavy atom. The van der Waals surface area contributed by atoms with Crippen LogP contribution in [0.25, 0.3) is 11.1 Å². The average molecular weight is 481 g/mol. The molecule has 2 amide bonds. The number of alkyl carbamates (subject to hydrolysis) is 2. The van der Waals surface area contributed by atoms with E-state index in [4.69, 9.17) is 9.47 Å². The predicted octanol–water partition coefficient (Wildman–Crippen LogP) is 4.67. The molecule has 8 nitrogen and oxygen atoms in total. The summed E-state index contributed by atoms with van der Waals surface area (Å²) in [4.78, 5) is 36.8. The van der Waals surface area contributed by atoms with Crippen LogP contribution >= 0.6 is 0 Å². The standard InChI is InChI=1S/C27H32N2O6/c1-26(2,3)35-24(32)28-15-17-12-13-27(14-17,23(30)31)29-25(33)34-16-22-20-10-6-4-8-18(20)19-9-5-7-11-21(19)22/h4-11,17,22H,12-16H2,1-3H3,(H,28,32)(H,29,33)(H,30,31)/t17-,27+/m1/s1. The number of hydrogen-bond donors (Lipinski definition) is 3. The van der Waals surface area contributed by atoms with Gasteiger partial charge in [0.2, 0.25) is 0 Å². The second kappa shape index (κ2) is 9.60. The molecule has 2 aromatic rings. The summed E-state index contributed by atoms with van der Waals surface area (Å²) in [5.74, 6) is -1.32. The second-order valence-corrected chi connectivity index (χ2v) is 10.3. The van der Waals surface area contributed by atoms with Crippen molar-refractivity contribution in [3.05, 3.63) is 59.7 Å². The molecule has 1 saturated carbocycles. The molecule has 0 heterocycles. The molecule has 2 aliphatic carbocycles. The molecule has 1 fully saturated rings. The number of carboxylic acids is 1. The highest BCUT2D eigenvalue weighted by atomic mass is 16.6. The molecule has 4 rings (SSSR count). The first kappa shape index (κ1) is 24.6. The fourth-order valence-electron chi connectivity index (χ4n) is 5.05. The SMILES string of the molecule is CC(C)(C)OC(=O)NC[C@@H]1CC[C@@](NC(=O)OCC2c3ccccc3-c3ccccc32)(C(=O)O)C1. The number of benzene rings is 2. The van der Waals surface area contributed by atoms with Gasteiger partial charge >= 0.3 is 18.2 Å². The van der Waals surface area contributed by atoms with Crippen LogP contribution in [-0.4, -0.2) is 47.6 Å². The third kappa shape index (κ3) is 5.42. The van der Waals surface area contributed by atoms with E-state index in [0.29, 0.717) is 6.42 Å². The maximum absolute atomic E-state index is 12.7. The van der Waals surface area contributed by atoms with Crippen molar-refractivity contribution in [1.82, 2.24) is 10.6 Å². The third-order valence-corrected chi connectivity index (χ3v) is 6.64. The number of ether oxygens (including phenoxy) is 2. The minimum atomic E-state index is -1.43. The van der Waals surface area contributed by atoms with Crippen LogP contribution in [0.1, 0.15) is 57.1 Å². The van der Waals surface area contributed by atoms with Gasteiger partial charge in [-0.05, 0) is 68.2 Å². The molecule has 0 saturated heterocycles. The molecule has 0 aliphatic heterocycles. The fourth-order valence-corrected chi connectivity index (χ4v) is 5.05. The Morgan fingerprint density at radius 2 is 1.60 bits per heavy atom. The van der Waals surface area contributed by atoms with Gasteiger partial charge in [0, 0.05) is 12.5 Å². The van der Waals surface area contributed by atoms with Crippen molar-refractivity contribution in [2.75, 3.05) is 13.2 Å². The summed E-state index contributed by atoms with van der Waals surface area (Å²) in [6, 6.07) is 16.0. The molecule has 2 aliphatic rings. The molecule has 0 spiro atoms. The van der Waals surface area contributed by atoms with Crippen LogP contribution in [0.4, 0.5) is 9.59 Å². The van der Waals surface area contributed by atoms with E-state index in [1.165, 1.54) is 0 Å². The summed E-state index contributed by atoms with van der Waals surface area (Å²) in [5, 5.41) is 15.2. The average Bonchev–Trinajstić information content (AvgIpc) is 3.35. The Morgan fingerprint density at radius 3 is 2.17 bits per heavy atom. The quantitative estimate of drug-likeness (QED) is 0.554. The first-order valence-electron chi connectivity index (χ1n) is 11.9. The van der Waals surface area contributed by atoms with Gasteiger partial charge in [-0.25, -0.2) is 14.4 Å². The van der Waals surface area contributed by atoms with Crippen molar-refractivity contribution in [2.24, 2.45) is 5.92 Å². The third-order valence-electron chi connectivity index (χ3n) is 6.64. The van der Waals surface area contributed by atoms with Crippen LogP contribution < -0.4 is 10.6 Å². The van der Waals surface area contributed by atoms with Crippen molar-refractivity contribution < 1.29 is 29.0 Å². The highest BCUT2D eigenvalue weighted by Gasteiger charge is 2.47. The summed E-state index contributed by atoms with van der Waals surface area (Å²) >= 11 is 0. The van der Waals surface area contributed by atoms with E-state index in [0.717, 1.165) is 22.3 Å². The van der Waals surface area contributed by atoms with Gasteiger partial charge in [0.1, 0.15) is 17.7 Å². The number of rotatable bonds is 6. The van der Waals surface area contributed by atoms with E-state index in [9.17, 15) is 19.5 Å². The lowest BCUT2D eigenvalue weighted by molar-refractivity contribution is -0.144. The Hall–Kier alpha value is -3.55. The Kier molecular flexibility index (Phi) is 6.74. The molecule has 2 aromatic carbocycles. The molecule has 8 heteroatoms. The van der Waals surface area contributed by atoms with Crippen LogP contribution in [0.5, 0.6) is 0 Å². The van der Waals surface area contributed by atoms with Crippen molar-refractivity contribution in [2.45, 2.75) is 57.1 Å². The van der Waals surface area contributed by atoms with Gasteiger partial charge in [0.25, 0.3) is 0 Å². The van der Waals surface area contributed by atoms with Crippen LogP contribution in [0, 0.1) is 5.92 Å². The molecule has 2 atom stereocenters. The zero-order valence-electron chi connectivity index (χ0n) is 20.3. The maximum Gasteiger partial charge on any atom is 0.408 e. The zero-order chi connectivity index (χ0) is 25.2. The first-order chi connectivity index (χ1) is 16.6. The highest BCUT2D eigenvalue weighted by Crippen LogP contribution is 2.44. The topological polar surface area (TPSA) is 114 Å². The number of fused-ring (bicyclic) bond motifs is 3. The van der Waals surface area contributed by atoms with Gasteiger partial charge in [-0.1, -0.05) is 48.5 Å². The zero-order valence-corrected chi connectivity index (χ0v) is 20.3. The number of amides is 2. The number of carbonyl (C=O) groups excluding carboxylic acids is 2. The summed E-state index contributed by atoms with van der Waals surface area (Å²) in [6.45, 7) is 5.71. The summed E-state index contributed by atoms with van der Waals surface area (Å²) < 4.78 is 10.8. The first-order valence-corrected chi connectivity index (χ1v) is 11.9. The number of aliphatic carboxylic acids is 1. The Balaban J connectivity index is 1.36. The largest absolute Gasteiger partial charge is 0.480 e. The van der Waals surface area contributed by atoms with E-state index < -0.39 is 29.3 Å². The highest BCUT2D eigenvalue weighted by molar-refractivity contribution is 5.85. The predicted molar refractivity (Wildman–Crippen MR) is 130 cm³/mol. The second-order valence-electron chi connectivity index (χ2n) is 10.3. The number of carbonyl (C=O) groups is 3. The summed E-state index contributed by atoms with van der Waals surface area (Å²) in [5.41, 5.74) is 2.37. The fraction of sp³-hybridized carbons (Fsp3) is 0.444. The van der Waals surface area contributed by atoms with E-state index in [-0.39, 0.29) is 37.8 Å². The van der Waals surface area contributed by atoms with Crippen molar-refractivity contribution >= 4 is 18.2 Å². The maximum atomic E-state index is 12.7. The Labute approximate surface area is 205 Å². The molecule has 3 N–H and O–H groups in total. The van der Waals surface area contributed by atoms with Gasteiger partial charge < -0.3 is 25.2 Å². The molecule has 35 heavy (non-hydrogen) atoms. The van der Waals surface area contributed by atoms with Crippen LogP contribution in [0.15, 0.2) is 48.5 Å². The molecule has 0 radical (unpaired) electrons. The normalized spacial score (nSPS) is 21.1. The summed E-state index contributed by atoms with van der Waals surface area (Å²) in [6.07, 6.45) is -0.300. The molecule has 0 unspecified atom stereocenters. The monoisotopic (exact) mass is 480 g/mol. The van der Waals surface area contributed by atoms with E-state index in [1.54, 1.807) is 20.8 Å². The molecular weight excluding hydrogens is 448 g/mol. The lowest BCUT2D eigenvalue weighted by atomic mass is 9.96. The van der Waals surface area contributed by atoms with Crippen LogP contribution in [0.3, 0.4) is 0 Å². The van der Waals surface area contributed by atoms with Crippen molar-refractivity contribution in [1.29, 1.82) is 0 Å². The van der Waals surface area contributed by atoms with Gasteiger partial charge in [0.05, 0.1) is 0 Å². The number of hydrogen-bond acceptors (Lipinski definition) is 5. The molecule has 0 aromatic heterocycles. The smallest absolute Gasteiger partial charge is 0.408 e. The number of nitrogens with one attached hydrogen (secondary N) is 2. The van der Waals surface area contributed by atoms with E-state index >= 15 is 0 Å². The molecular formula is C27H32N2O6. The number of carboxylic acid groups (broad SMARTS) is 1. The van der Waals surface area contributed by atoms with Gasteiger partial charge in [0.15, 0.2) is 0 Å². The minimum Gasteiger partial charge on any atom is -0.480 e. The van der Waals surface area contributed by atoms with Crippen LogP contribution in [-0.2, 0) is 14.3 Å². The van der Waals surface area contributed by atoms with Crippen molar-refractivity contribution in [3.8, 4) is 11.1 Å². The minimum absolute atomic E-state index is 0.104.